The Kier molecular flexibility index (Phi) is 5.88. The average Bonchev–Trinajstić information content (AvgIpc) is 2.54. The molecule has 118 valence electrons. The van der Waals surface area contributed by atoms with Gasteiger partial charge in [-0.25, -0.2) is 0 Å². The molecule has 0 aliphatic carbocycles. The van der Waals surface area contributed by atoms with Crippen molar-refractivity contribution in [3.63, 3.8) is 0 Å². The van der Waals surface area contributed by atoms with Crippen molar-refractivity contribution < 1.29 is 19.3 Å². The second kappa shape index (κ2) is 7.66. The number of quaternary nitrogens is 2. The molecule has 1 fully saturated rings. The Morgan fingerprint density at radius 2 is 1.81 bits per heavy atom. The lowest BCUT2D eigenvalue weighted by Crippen LogP contribution is -3.29. The first-order chi connectivity index (χ1) is 10.2. The molecule has 1 aliphatic heterocycles. The zero-order valence-electron chi connectivity index (χ0n) is 13.9. The summed E-state index contributed by atoms with van der Waals surface area (Å²) < 4.78 is 10.9. The van der Waals surface area contributed by atoms with Crippen LogP contribution in [0.25, 0.3) is 0 Å². The highest BCUT2D eigenvalue weighted by molar-refractivity contribution is 5.46. The van der Waals surface area contributed by atoms with Crippen LogP contribution in [0.1, 0.15) is 25.8 Å². The molecule has 1 heterocycles. The minimum atomic E-state index is 0.790. The Morgan fingerprint density at radius 1 is 1.10 bits per heavy atom. The highest BCUT2D eigenvalue weighted by atomic mass is 16.5. The highest BCUT2D eigenvalue weighted by Crippen LogP contribution is 2.29. The quantitative estimate of drug-likeness (QED) is 0.759. The van der Waals surface area contributed by atoms with Crippen LogP contribution >= 0.6 is 0 Å². The molecule has 0 saturated carbocycles. The standard InChI is InChI=1S/C17H28N2O2/c1-5-14(2)19-11-9-18(10-12-19)13-15-7-6-8-16(20-3)17(15)21-4/h6-8,14H,5,9-13H2,1-4H3/p+2. The van der Waals surface area contributed by atoms with Gasteiger partial charge in [-0.3, -0.25) is 0 Å². The van der Waals surface area contributed by atoms with Crippen LogP contribution in [0.2, 0.25) is 0 Å². The number of rotatable bonds is 6. The lowest BCUT2D eigenvalue weighted by Gasteiger charge is -2.33. The third kappa shape index (κ3) is 3.89. The zero-order valence-corrected chi connectivity index (χ0v) is 13.9. The molecule has 4 heteroatoms. The largest absolute Gasteiger partial charge is 0.493 e. The van der Waals surface area contributed by atoms with E-state index in [1.54, 1.807) is 24.0 Å². The van der Waals surface area contributed by atoms with Gasteiger partial charge in [-0.05, 0) is 25.5 Å². The summed E-state index contributed by atoms with van der Waals surface area (Å²) in [7, 11) is 3.42. The van der Waals surface area contributed by atoms with E-state index in [4.69, 9.17) is 9.47 Å². The Bertz CT molecular complexity index is 442. The minimum absolute atomic E-state index is 0.790. The summed E-state index contributed by atoms with van der Waals surface area (Å²) in [6.07, 6.45) is 1.27. The maximum absolute atomic E-state index is 5.54. The summed E-state index contributed by atoms with van der Waals surface area (Å²) in [6, 6.07) is 6.96. The summed E-state index contributed by atoms with van der Waals surface area (Å²) in [4.78, 5) is 3.41. The van der Waals surface area contributed by atoms with Gasteiger partial charge in [-0.15, -0.1) is 0 Å². The fourth-order valence-electron chi connectivity index (χ4n) is 3.25. The van der Waals surface area contributed by atoms with Gasteiger partial charge in [0.05, 0.1) is 25.8 Å². The number of benzene rings is 1. The van der Waals surface area contributed by atoms with Crippen molar-refractivity contribution in [1.82, 2.24) is 0 Å². The smallest absolute Gasteiger partial charge is 0.169 e. The monoisotopic (exact) mass is 294 g/mol. The van der Waals surface area contributed by atoms with Crippen LogP contribution in [0.4, 0.5) is 0 Å². The molecule has 0 spiro atoms. The Morgan fingerprint density at radius 3 is 2.38 bits per heavy atom. The van der Waals surface area contributed by atoms with Gasteiger partial charge in [0.1, 0.15) is 32.7 Å². The highest BCUT2D eigenvalue weighted by Gasteiger charge is 2.27. The van der Waals surface area contributed by atoms with E-state index in [9.17, 15) is 0 Å². The second-order valence-electron chi connectivity index (χ2n) is 6.05. The molecular weight excluding hydrogens is 264 g/mol. The van der Waals surface area contributed by atoms with E-state index in [1.165, 1.54) is 38.2 Å². The van der Waals surface area contributed by atoms with Crippen LogP contribution in [-0.4, -0.2) is 46.4 Å². The van der Waals surface area contributed by atoms with Crippen LogP contribution in [0, 0.1) is 0 Å². The van der Waals surface area contributed by atoms with Crippen molar-refractivity contribution in [3.8, 4) is 11.5 Å². The van der Waals surface area contributed by atoms with Crippen molar-refractivity contribution >= 4 is 0 Å². The summed E-state index contributed by atoms with van der Waals surface area (Å²) in [5.41, 5.74) is 1.25. The van der Waals surface area contributed by atoms with Crippen LogP contribution in [0.15, 0.2) is 18.2 Å². The van der Waals surface area contributed by atoms with E-state index < -0.39 is 0 Å². The van der Waals surface area contributed by atoms with E-state index in [1.807, 2.05) is 6.07 Å². The number of ether oxygens (including phenoxy) is 2. The molecule has 1 unspecified atom stereocenters. The number of para-hydroxylation sites is 1. The van der Waals surface area contributed by atoms with Gasteiger partial charge in [-0.2, -0.15) is 0 Å². The fourth-order valence-corrected chi connectivity index (χ4v) is 3.25. The second-order valence-corrected chi connectivity index (χ2v) is 6.05. The predicted molar refractivity (Wildman–Crippen MR) is 84.4 cm³/mol. The summed E-state index contributed by atoms with van der Waals surface area (Å²) in [6.45, 7) is 10.7. The molecule has 1 aromatic carbocycles. The van der Waals surface area contributed by atoms with Gasteiger partial charge in [0.25, 0.3) is 0 Å². The molecule has 2 N–H and O–H groups in total. The molecule has 1 atom stereocenters. The van der Waals surface area contributed by atoms with Gasteiger partial charge >= 0.3 is 0 Å². The van der Waals surface area contributed by atoms with E-state index in [0.29, 0.717) is 0 Å². The Hall–Kier alpha value is -1.26. The first-order valence-electron chi connectivity index (χ1n) is 8.07. The molecule has 21 heavy (non-hydrogen) atoms. The molecule has 2 rings (SSSR count). The van der Waals surface area contributed by atoms with Gasteiger partial charge in [0, 0.05) is 0 Å². The first kappa shape index (κ1) is 16.1. The van der Waals surface area contributed by atoms with Crippen molar-refractivity contribution in [2.75, 3.05) is 40.4 Å². The van der Waals surface area contributed by atoms with E-state index in [0.717, 1.165) is 24.1 Å². The predicted octanol–water partition coefficient (Wildman–Crippen LogP) is -0.214. The third-order valence-corrected chi connectivity index (χ3v) is 4.83. The summed E-state index contributed by atoms with van der Waals surface area (Å²) >= 11 is 0. The van der Waals surface area contributed by atoms with Crippen molar-refractivity contribution in [2.24, 2.45) is 0 Å². The summed E-state index contributed by atoms with van der Waals surface area (Å²) in [5.74, 6) is 1.72. The SMILES string of the molecule is CCC(C)[NH+]1CC[NH+](Cc2cccc(OC)c2OC)CC1. The van der Waals surface area contributed by atoms with Crippen LogP contribution in [0.3, 0.4) is 0 Å². The minimum Gasteiger partial charge on any atom is -0.493 e. The van der Waals surface area contributed by atoms with E-state index in [2.05, 4.69) is 26.0 Å². The van der Waals surface area contributed by atoms with Crippen LogP contribution < -0.4 is 19.3 Å². The molecule has 0 bridgehead atoms. The normalized spacial score (nSPS) is 23.6. The molecule has 1 saturated heterocycles. The number of hydrogen-bond donors (Lipinski definition) is 2. The molecule has 1 aromatic rings. The lowest BCUT2D eigenvalue weighted by atomic mass is 10.1. The number of nitrogens with one attached hydrogen (secondary N) is 2. The number of methoxy groups -OCH3 is 2. The van der Waals surface area contributed by atoms with Crippen molar-refractivity contribution in [3.05, 3.63) is 23.8 Å². The molecular formula is C17H30N2O2+2. The van der Waals surface area contributed by atoms with Gasteiger partial charge < -0.3 is 19.3 Å². The zero-order chi connectivity index (χ0) is 15.2. The Balaban J connectivity index is 1.98. The molecule has 0 aromatic heterocycles. The average molecular weight is 294 g/mol. The fraction of sp³-hybridized carbons (Fsp3) is 0.647. The van der Waals surface area contributed by atoms with Crippen molar-refractivity contribution in [2.45, 2.75) is 32.9 Å². The number of piperazine rings is 1. The van der Waals surface area contributed by atoms with E-state index >= 15 is 0 Å². The Labute approximate surface area is 128 Å². The maximum Gasteiger partial charge on any atom is 0.169 e. The van der Waals surface area contributed by atoms with Crippen LogP contribution in [0.5, 0.6) is 11.5 Å². The molecule has 0 amide bonds. The number of hydrogen-bond acceptors (Lipinski definition) is 2. The maximum atomic E-state index is 5.54. The van der Waals surface area contributed by atoms with Gasteiger partial charge in [-0.1, -0.05) is 13.0 Å². The topological polar surface area (TPSA) is 27.3 Å². The van der Waals surface area contributed by atoms with Gasteiger partial charge in [0.2, 0.25) is 0 Å². The third-order valence-electron chi connectivity index (χ3n) is 4.83. The van der Waals surface area contributed by atoms with Crippen LogP contribution in [-0.2, 0) is 6.54 Å². The van der Waals surface area contributed by atoms with Crippen molar-refractivity contribution in [1.29, 1.82) is 0 Å². The van der Waals surface area contributed by atoms with E-state index in [-0.39, 0.29) is 0 Å². The molecule has 4 nitrogen and oxygen atoms in total. The van der Waals surface area contributed by atoms with Gasteiger partial charge in [0.15, 0.2) is 11.5 Å². The first-order valence-corrected chi connectivity index (χ1v) is 8.07. The lowest BCUT2D eigenvalue weighted by molar-refractivity contribution is -1.03. The molecule has 0 radical (unpaired) electrons. The molecule has 1 aliphatic rings. The summed E-state index contributed by atoms with van der Waals surface area (Å²) in [5, 5.41) is 0.